The molecule has 23 heavy (non-hydrogen) atoms. The van der Waals surface area contributed by atoms with E-state index in [4.69, 9.17) is 9.84 Å². The molecule has 1 rings (SSSR count). The molecule has 130 valence electrons. The van der Waals surface area contributed by atoms with Crippen molar-refractivity contribution in [3.63, 3.8) is 0 Å². The lowest BCUT2D eigenvalue weighted by Crippen LogP contribution is -2.17. The van der Waals surface area contributed by atoms with E-state index >= 15 is 0 Å². The minimum Gasteiger partial charge on any atom is -0.480 e. The van der Waals surface area contributed by atoms with Crippen molar-refractivity contribution in [2.24, 2.45) is 5.92 Å². The molecule has 0 heterocycles. The number of carbonyl (C=O) groups is 1. The fraction of sp³-hybridized carbons (Fsp3) is 0.650. The van der Waals surface area contributed by atoms with Gasteiger partial charge in [-0.15, -0.1) is 0 Å². The number of hydrogen-bond acceptors (Lipinski definition) is 2. The highest BCUT2D eigenvalue weighted by Gasteiger charge is 2.15. The maximum atomic E-state index is 10.5. The lowest BCUT2D eigenvalue weighted by molar-refractivity contribution is -0.142. The molecule has 1 unspecified atom stereocenters. The van der Waals surface area contributed by atoms with E-state index in [-0.39, 0.29) is 6.61 Å². The Kier molecular flexibility index (Phi) is 9.61. The van der Waals surface area contributed by atoms with E-state index in [9.17, 15) is 4.79 Å². The molecule has 0 aliphatic heterocycles. The number of hydrogen-bond donors (Lipinski definition) is 1. The molecule has 3 nitrogen and oxygen atoms in total. The Balaban J connectivity index is 2.25. The summed E-state index contributed by atoms with van der Waals surface area (Å²) in [6.45, 7) is 6.90. The second-order valence-corrected chi connectivity index (χ2v) is 6.83. The molecule has 0 saturated carbocycles. The fourth-order valence-corrected chi connectivity index (χ4v) is 2.93. The van der Waals surface area contributed by atoms with Crippen molar-refractivity contribution in [1.29, 1.82) is 0 Å². The van der Waals surface area contributed by atoms with Crippen LogP contribution in [0.25, 0.3) is 0 Å². The van der Waals surface area contributed by atoms with Gasteiger partial charge in [-0.05, 0) is 71.6 Å². The Morgan fingerprint density at radius 2 is 2.09 bits per heavy atom. The number of ether oxygens (including phenoxy) is 1. The van der Waals surface area contributed by atoms with Crippen LogP contribution in [-0.2, 0) is 9.53 Å². The third-order valence-electron chi connectivity index (χ3n) is 4.19. The van der Waals surface area contributed by atoms with Crippen molar-refractivity contribution in [2.75, 3.05) is 13.2 Å². The van der Waals surface area contributed by atoms with Crippen LogP contribution < -0.4 is 0 Å². The molecule has 1 N–H and O–H groups in total. The summed E-state index contributed by atoms with van der Waals surface area (Å²) in [7, 11) is 0. The van der Waals surface area contributed by atoms with Gasteiger partial charge in [-0.2, -0.15) is 0 Å². The average Bonchev–Trinajstić information content (AvgIpc) is 2.47. The molecule has 1 aliphatic carbocycles. The van der Waals surface area contributed by atoms with Gasteiger partial charge in [0.1, 0.15) is 6.61 Å². The Hall–Kier alpha value is -1.35. The molecule has 1 atom stereocenters. The monoisotopic (exact) mass is 320 g/mol. The molecule has 1 aliphatic rings. The molecule has 0 spiro atoms. The van der Waals surface area contributed by atoms with Crippen LogP contribution in [0.2, 0.25) is 0 Å². The molecule has 3 heteroatoms. The summed E-state index contributed by atoms with van der Waals surface area (Å²) < 4.78 is 5.24. The van der Waals surface area contributed by atoms with Gasteiger partial charge in [0.2, 0.25) is 0 Å². The van der Waals surface area contributed by atoms with E-state index < -0.39 is 5.97 Å². The smallest absolute Gasteiger partial charge is 0.329 e. The van der Waals surface area contributed by atoms with Gasteiger partial charge >= 0.3 is 5.97 Å². The number of aliphatic carboxylic acids is 1. The summed E-state index contributed by atoms with van der Waals surface area (Å²) in [6, 6.07) is 0. The van der Waals surface area contributed by atoms with Crippen LogP contribution in [-0.4, -0.2) is 24.3 Å². The van der Waals surface area contributed by atoms with Crippen LogP contribution >= 0.6 is 0 Å². The lowest BCUT2D eigenvalue weighted by Gasteiger charge is -2.22. The van der Waals surface area contributed by atoms with E-state index in [0.717, 1.165) is 44.9 Å². The van der Waals surface area contributed by atoms with Crippen molar-refractivity contribution in [3.05, 3.63) is 34.9 Å². The quantitative estimate of drug-likeness (QED) is 0.556. The van der Waals surface area contributed by atoms with E-state index in [1.165, 1.54) is 16.7 Å². The summed E-state index contributed by atoms with van der Waals surface area (Å²) in [6.07, 6.45) is 14.8. The Morgan fingerprint density at radius 1 is 1.30 bits per heavy atom. The molecule has 0 aromatic heterocycles. The number of carboxylic acids is 1. The Labute approximate surface area is 141 Å². The second kappa shape index (κ2) is 11.2. The highest BCUT2D eigenvalue weighted by atomic mass is 16.5. The van der Waals surface area contributed by atoms with Crippen LogP contribution in [0.4, 0.5) is 0 Å². The molecule has 0 radical (unpaired) electrons. The van der Waals surface area contributed by atoms with Crippen LogP contribution in [0.1, 0.15) is 65.7 Å². The average molecular weight is 320 g/mol. The van der Waals surface area contributed by atoms with Gasteiger partial charge < -0.3 is 9.84 Å². The van der Waals surface area contributed by atoms with Gasteiger partial charge in [0.15, 0.2) is 0 Å². The third kappa shape index (κ3) is 10.1. The minimum absolute atomic E-state index is 0.177. The van der Waals surface area contributed by atoms with Crippen LogP contribution in [0, 0.1) is 5.92 Å². The van der Waals surface area contributed by atoms with Gasteiger partial charge in [0.05, 0.1) is 6.61 Å². The predicted octanol–water partition coefficient (Wildman–Crippen LogP) is 5.29. The standard InChI is InChI=1S/C20H32O3/c1-16(2)7-4-8-17(3)9-5-10-18-11-6-12-19(13-18)14-23-15-20(21)22/h7,9,11,19H,4-6,8,10,12-15H2,1-3H3,(H,21,22)/b17-9+. The van der Waals surface area contributed by atoms with Crippen LogP contribution in [0.3, 0.4) is 0 Å². The molecule has 0 fully saturated rings. The van der Waals surface area contributed by atoms with Gasteiger partial charge in [-0.25, -0.2) is 4.79 Å². The summed E-state index contributed by atoms with van der Waals surface area (Å²) in [5, 5.41) is 8.61. The first kappa shape index (κ1) is 19.7. The molecule has 0 aromatic carbocycles. The fourth-order valence-electron chi connectivity index (χ4n) is 2.93. The van der Waals surface area contributed by atoms with Gasteiger partial charge in [-0.1, -0.05) is 34.9 Å². The SMILES string of the molecule is CC(C)=CCC/C(C)=C/CCC1=CCCC(COCC(=O)O)C1. The highest BCUT2D eigenvalue weighted by Crippen LogP contribution is 2.27. The second-order valence-electron chi connectivity index (χ2n) is 6.83. The predicted molar refractivity (Wildman–Crippen MR) is 95.5 cm³/mol. The highest BCUT2D eigenvalue weighted by molar-refractivity contribution is 5.67. The normalized spacial score (nSPS) is 18.5. The molecular weight excluding hydrogens is 288 g/mol. The number of rotatable bonds is 10. The van der Waals surface area contributed by atoms with E-state index in [1.807, 2.05) is 0 Å². The maximum Gasteiger partial charge on any atom is 0.329 e. The number of allylic oxidation sites excluding steroid dienone is 6. The topological polar surface area (TPSA) is 46.5 Å². The molecule has 0 saturated heterocycles. The zero-order chi connectivity index (χ0) is 17.1. The zero-order valence-corrected chi connectivity index (χ0v) is 14.9. The van der Waals surface area contributed by atoms with Gasteiger partial charge in [-0.3, -0.25) is 0 Å². The number of carboxylic acid groups (broad SMARTS) is 1. The van der Waals surface area contributed by atoms with Crippen LogP contribution in [0.5, 0.6) is 0 Å². The lowest BCUT2D eigenvalue weighted by atomic mass is 9.87. The van der Waals surface area contributed by atoms with E-state index in [0.29, 0.717) is 12.5 Å². The zero-order valence-electron chi connectivity index (χ0n) is 14.9. The molecular formula is C20H32O3. The first-order valence-electron chi connectivity index (χ1n) is 8.73. The van der Waals surface area contributed by atoms with Crippen molar-refractivity contribution in [1.82, 2.24) is 0 Å². The minimum atomic E-state index is -0.884. The Morgan fingerprint density at radius 3 is 2.78 bits per heavy atom. The van der Waals surface area contributed by atoms with Crippen molar-refractivity contribution in [2.45, 2.75) is 65.7 Å². The van der Waals surface area contributed by atoms with Gasteiger partial charge in [0.25, 0.3) is 0 Å². The van der Waals surface area contributed by atoms with E-state index in [2.05, 4.69) is 39.0 Å². The van der Waals surface area contributed by atoms with Crippen molar-refractivity contribution >= 4 is 5.97 Å². The molecule has 0 amide bonds. The maximum absolute atomic E-state index is 10.5. The van der Waals surface area contributed by atoms with E-state index in [1.54, 1.807) is 0 Å². The van der Waals surface area contributed by atoms with Crippen LogP contribution in [0.15, 0.2) is 34.9 Å². The summed E-state index contributed by atoms with van der Waals surface area (Å²) >= 11 is 0. The molecule has 0 aromatic rings. The van der Waals surface area contributed by atoms with Crippen molar-refractivity contribution < 1.29 is 14.6 Å². The molecule has 0 bridgehead atoms. The largest absolute Gasteiger partial charge is 0.480 e. The van der Waals surface area contributed by atoms with Gasteiger partial charge in [0, 0.05) is 0 Å². The first-order valence-corrected chi connectivity index (χ1v) is 8.73. The Bertz CT molecular complexity index is 454. The third-order valence-corrected chi connectivity index (χ3v) is 4.19. The summed E-state index contributed by atoms with van der Waals surface area (Å²) in [5.41, 5.74) is 4.37. The first-order chi connectivity index (χ1) is 11.0. The summed E-state index contributed by atoms with van der Waals surface area (Å²) in [4.78, 5) is 10.5. The summed E-state index contributed by atoms with van der Waals surface area (Å²) in [5.74, 6) is -0.401. The van der Waals surface area contributed by atoms with Crippen molar-refractivity contribution in [3.8, 4) is 0 Å².